The zero-order valence-electron chi connectivity index (χ0n) is 21.3. The second-order valence-electron chi connectivity index (χ2n) is 8.77. The van der Waals surface area contributed by atoms with E-state index in [0.717, 1.165) is 0 Å². The molecule has 0 amide bonds. The Morgan fingerprint density at radius 2 is 0.950 bits per heavy atom. The van der Waals surface area contributed by atoms with E-state index in [1.165, 1.54) is 0 Å². The number of hydrogen-bond donors (Lipinski definition) is 6. The molecule has 18 heteroatoms. The van der Waals surface area contributed by atoms with Crippen LogP contribution in [0.4, 0.5) is 11.4 Å². The number of rotatable bonds is 20. The van der Waals surface area contributed by atoms with Crippen LogP contribution in [-0.4, -0.2) is 118 Å². The average molecular weight is 580 g/mol. The number of nitro benzene ring substituents is 2. The number of carbonyl (C=O) groups is 2. The first-order valence-electron chi connectivity index (χ1n) is 11.6. The second kappa shape index (κ2) is 16.4. The number of esters is 2. The molecule has 0 fully saturated rings. The zero-order valence-corrected chi connectivity index (χ0v) is 21.3. The maximum absolute atomic E-state index is 12.0. The lowest BCUT2D eigenvalue weighted by atomic mass is 9.93. The van der Waals surface area contributed by atoms with Gasteiger partial charge in [-0.15, -0.1) is 0 Å². The van der Waals surface area contributed by atoms with Crippen LogP contribution in [0.3, 0.4) is 0 Å². The number of benzene rings is 1. The van der Waals surface area contributed by atoms with Crippen molar-refractivity contribution in [2.45, 2.75) is 12.8 Å². The predicted octanol–water partition coefficient (Wildman–Crippen LogP) is -1.95. The Morgan fingerprint density at radius 3 is 1.20 bits per heavy atom. The number of nitrogens with zero attached hydrogens (tertiary/aromatic N) is 2. The fraction of sp³-hybridized carbons (Fsp3) is 0.636. The van der Waals surface area contributed by atoms with Gasteiger partial charge in [-0.1, -0.05) is 0 Å². The summed E-state index contributed by atoms with van der Waals surface area (Å²) in [5.41, 5.74) is -4.82. The van der Waals surface area contributed by atoms with Gasteiger partial charge in [0.05, 0.1) is 98.5 Å². The van der Waals surface area contributed by atoms with E-state index in [9.17, 15) is 60.5 Å². The highest BCUT2D eigenvalue weighted by Crippen LogP contribution is 2.39. The standard InChI is InChI=1S/C22H32N2O16/c25-7-21(8-26,9-27)13-39-19(31)1-3-37-17-5-15(23(33)34)16(24(35)36)6-18(17)38-4-2-20(32)40-14-22(10-28,11-29)12-30/h5-6,25-30H,1-4,7-14H2. The molecule has 0 aromatic heterocycles. The fourth-order valence-electron chi connectivity index (χ4n) is 2.73. The van der Waals surface area contributed by atoms with E-state index in [-0.39, 0.29) is 11.5 Å². The summed E-state index contributed by atoms with van der Waals surface area (Å²) in [6, 6.07) is 1.40. The minimum atomic E-state index is -1.46. The molecular weight excluding hydrogens is 548 g/mol. The van der Waals surface area contributed by atoms with Gasteiger partial charge >= 0.3 is 23.3 Å². The quantitative estimate of drug-likeness (QED) is 0.0555. The number of ether oxygens (including phenoxy) is 4. The van der Waals surface area contributed by atoms with Gasteiger partial charge in [-0.25, -0.2) is 0 Å². The molecule has 0 bridgehead atoms. The minimum absolute atomic E-state index is 0.381. The van der Waals surface area contributed by atoms with Crippen LogP contribution in [0.5, 0.6) is 11.5 Å². The predicted molar refractivity (Wildman–Crippen MR) is 129 cm³/mol. The summed E-state index contributed by atoms with van der Waals surface area (Å²) in [6.45, 7) is -5.97. The molecule has 0 atom stereocenters. The third-order valence-corrected chi connectivity index (χ3v) is 5.65. The van der Waals surface area contributed by atoms with Crippen molar-refractivity contribution < 1.29 is 69.0 Å². The van der Waals surface area contributed by atoms with E-state index in [1.807, 2.05) is 0 Å². The summed E-state index contributed by atoms with van der Waals surface area (Å²) in [7, 11) is 0. The Hall–Kier alpha value is -3.68. The fourth-order valence-corrected chi connectivity index (χ4v) is 2.73. The van der Waals surface area contributed by atoms with E-state index >= 15 is 0 Å². The summed E-state index contributed by atoms with van der Waals surface area (Å²) in [5.74, 6) is -2.53. The molecule has 0 unspecified atom stereocenters. The van der Waals surface area contributed by atoms with Crippen molar-refractivity contribution in [3.8, 4) is 11.5 Å². The minimum Gasteiger partial charge on any atom is -0.489 e. The van der Waals surface area contributed by atoms with Gasteiger partial charge in [0.15, 0.2) is 11.5 Å². The molecule has 18 nitrogen and oxygen atoms in total. The molecule has 0 saturated heterocycles. The van der Waals surface area contributed by atoms with Gasteiger partial charge in [-0.2, -0.15) is 0 Å². The zero-order chi connectivity index (χ0) is 30.3. The first-order valence-corrected chi connectivity index (χ1v) is 11.6. The number of nitro groups is 2. The molecule has 1 aromatic carbocycles. The largest absolute Gasteiger partial charge is 0.489 e. The molecule has 40 heavy (non-hydrogen) atoms. The van der Waals surface area contributed by atoms with Crippen LogP contribution < -0.4 is 9.47 Å². The van der Waals surface area contributed by atoms with Gasteiger partial charge < -0.3 is 49.6 Å². The van der Waals surface area contributed by atoms with Crippen molar-refractivity contribution in [1.82, 2.24) is 0 Å². The van der Waals surface area contributed by atoms with Gasteiger partial charge in [0.25, 0.3) is 0 Å². The number of aliphatic hydroxyl groups excluding tert-OH is 6. The van der Waals surface area contributed by atoms with Crippen LogP contribution >= 0.6 is 0 Å². The molecule has 1 rings (SSSR count). The first-order chi connectivity index (χ1) is 19.0. The van der Waals surface area contributed by atoms with Crippen LogP contribution in [0, 0.1) is 31.1 Å². The highest BCUT2D eigenvalue weighted by Gasteiger charge is 2.32. The molecule has 0 aliphatic rings. The molecule has 0 radical (unpaired) electrons. The van der Waals surface area contributed by atoms with Crippen LogP contribution in [0.25, 0.3) is 0 Å². The summed E-state index contributed by atoms with van der Waals surface area (Å²) in [6.07, 6.45) is -0.894. The van der Waals surface area contributed by atoms with Gasteiger partial charge in [-0.3, -0.25) is 29.8 Å². The van der Waals surface area contributed by atoms with Crippen LogP contribution in [0.15, 0.2) is 12.1 Å². The average Bonchev–Trinajstić information content (AvgIpc) is 2.95. The van der Waals surface area contributed by atoms with Crippen molar-refractivity contribution in [3.05, 3.63) is 32.4 Å². The van der Waals surface area contributed by atoms with Crippen molar-refractivity contribution >= 4 is 23.3 Å². The molecule has 1 aromatic rings. The summed E-state index contributed by atoms with van der Waals surface area (Å²) in [4.78, 5) is 44.6. The Balaban J connectivity index is 2.92. The first kappa shape index (κ1) is 34.3. The van der Waals surface area contributed by atoms with E-state index in [1.54, 1.807) is 0 Å². The van der Waals surface area contributed by atoms with Gasteiger partial charge in [0.1, 0.15) is 13.2 Å². The lowest BCUT2D eigenvalue weighted by Crippen LogP contribution is -2.39. The van der Waals surface area contributed by atoms with Crippen LogP contribution in [-0.2, 0) is 19.1 Å². The summed E-state index contributed by atoms with van der Waals surface area (Å²) in [5, 5.41) is 78.3. The van der Waals surface area contributed by atoms with Crippen LogP contribution in [0.1, 0.15) is 12.8 Å². The highest BCUT2D eigenvalue weighted by atomic mass is 16.6. The number of hydrogen-bond acceptors (Lipinski definition) is 16. The third kappa shape index (κ3) is 9.81. The SMILES string of the molecule is O=C(CCOc1cc([N+](=O)[O-])c([N+](=O)[O-])cc1OCCC(=O)OCC(CO)(CO)CO)OCC(CO)(CO)CO. The molecule has 0 spiro atoms. The van der Waals surface area contributed by atoms with E-state index in [0.29, 0.717) is 12.1 Å². The van der Waals surface area contributed by atoms with Crippen LogP contribution in [0.2, 0.25) is 0 Å². The number of carbonyl (C=O) groups excluding carboxylic acids is 2. The van der Waals surface area contributed by atoms with Crippen molar-refractivity contribution in [1.29, 1.82) is 0 Å². The maximum atomic E-state index is 12.0. The molecule has 0 aliphatic heterocycles. The normalized spacial score (nSPS) is 11.6. The van der Waals surface area contributed by atoms with E-state index < -0.39 is 123 Å². The van der Waals surface area contributed by atoms with Crippen molar-refractivity contribution in [2.75, 3.05) is 66.1 Å². The summed E-state index contributed by atoms with van der Waals surface area (Å²) >= 11 is 0. The lowest BCUT2D eigenvalue weighted by Gasteiger charge is -2.26. The monoisotopic (exact) mass is 580 g/mol. The highest BCUT2D eigenvalue weighted by molar-refractivity contribution is 5.70. The lowest BCUT2D eigenvalue weighted by molar-refractivity contribution is -0.422. The molecule has 0 heterocycles. The molecule has 226 valence electrons. The second-order valence-corrected chi connectivity index (χ2v) is 8.77. The topological polar surface area (TPSA) is 279 Å². The molecule has 0 saturated carbocycles. The Labute approximate surface area is 226 Å². The Kier molecular flexibility index (Phi) is 14.1. The smallest absolute Gasteiger partial charge is 0.350 e. The van der Waals surface area contributed by atoms with Gasteiger partial charge in [-0.05, 0) is 0 Å². The molecule has 6 N–H and O–H groups in total. The molecular formula is C22H32N2O16. The van der Waals surface area contributed by atoms with Gasteiger partial charge in [0.2, 0.25) is 0 Å². The third-order valence-electron chi connectivity index (χ3n) is 5.65. The van der Waals surface area contributed by atoms with E-state index in [4.69, 9.17) is 18.9 Å². The number of aliphatic hydroxyl groups is 6. The summed E-state index contributed by atoms with van der Waals surface area (Å²) < 4.78 is 20.5. The Morgan fingerprint density at radius 1 is 0.650 bits per heavy atom. The van der Waals surface area contributed by atoms with E-state index in [2.05, 4.69) is 0 Å². The van der Waals surface area contributed by atoms with Crippen molar-refractivity contribution in [2.24, 2.45) is 10.8 Å². The van der Waals surface area contributed by atoms with Crippen molar-refractivity contribution in [3.63, 3.8) is 0 Å². The van der Waals surface area contributed by atoms with Gasteiger partial charge in [0, 0.05) is 0 Å². The molecule has 0 aliphatic carbocycles. The maximum Gasteiger partial charge on any atom is 0.350 e. The Bertz CT molecular complexity index is 913.